The molecule has 0 saturated heterocycles. The van der Waals surface area contributed by atoms with Gasteiger partial charge in [-0.05, 0) is 59.4 Å². The van der Waals surface area contributed by atoms with Gasteiger partial charge in [0.2, 0.25) is 11.8 Å². The van der Waals surface area contributed by atoms with Gasteiger partial charge >= 0.3 is 0 Å². The van der Waals surface area contributed by atoms with Crippen molar-refractivity contribution in [2.45, 2.75) is 32.4 Å². The van der Waals surface area contributed by atoms with Crippen molar-refractivity contribution >= 4 is 11.8 Å². The number of methoxy groups -OCH3 is 4. The molecule has 8 heteroatoms. The number of carbonyl (C=O) groups excluding carboxylic acids is 2. The van der Waals surface area contributed by atoms with Crippen LogP contribution in [0.15, 0.2) is 24.3 Å². The van der Waals surface area contributed by atoms with Gasteiger partial charge in [0, 0.05) is 26.2 Å². The number of carbonyl (C=O) groups is 2. The molecular formula is C25H30N2O6. The van der Waals surface area contributed by atoms with Crippen LogP contribution in [0.1, 0.15) is 28.7 Å². The van der Waals surface area contributed by atoms with Crippen LogP contribution < -0.4 is 18.9 Å². The second-order valence-electron chi connectivity index (χ2n) is 8.26. The predicted molar refractivity (Wildman–Crippen MR) is 122 cm³/mol. The minimum atomic E-state index is -0.154. The molecule has 0 unspecified atom stereocenters. The van der Waals surface area contributed by atoms with Gasteiger partial charge in [0.25, 0.3) is 0 Å². The van der Waals surface area contributed by atoms with Crippen molar-refractivity contribution in [3.8, 4) is 23.0 Å². The molecule has 8 nitrogen and oxygen atoms in total. The van der Waals surface area contributed by atoms with Crippen LogP contribution in [0.5, 0.6) is 23.0 Å². The van der Waals surface area contributed by atoms with E-state index in [2.05, 4.69) is 0 Å². The molecule has 0 atom stereocenters. The maximum absolute atomic E-state index is 13.0. The standard InChI is InChI=1S/C25H30N2O6/c1-30-20-9-16-5-7-26(14-18(16)11-22(20)32-3)24(28)13-25(29)27-8-6-17-10-21(31-2)23(33-4)12-19(17)15-27/h9-12H,5-8,13-15H2,1-4H3. The van der Waals surface area contributed by atoms with Gasteiger partial charge in [-0.15, -0.1) is 0 Å². The number of fused-ring (bicyclic) bond motifs is 2. The van der Waals surface area contributed by atoms with Crippen LogP contribution in [-0.2, 0) is 35.5 Å². The van der Waals surface area contributed by atoms with E-state index in [9.17, 15) is 9.59 Å². The summed E-state index contributed by atoms with van der Waals surface area (Å²) >= 11 is 0. The first-order valence-electron chi connectivity index (χ1n) is 11.0. The first kappa shape index (κ1) is 22.8. The van der Waals surface area contributed by atoms with E-state index in [1.165, 1.54) is 0 Å². The number of hydrogen-bond acceptors (Lipinski definition) is 6. The number of benzene rings is 2. The van der Waals surface area contributed by atoms with Crippen LogP contribution >= 0.6 is 0 Å². The van der Waals surface area contributed by atoms with Crippen molar-refractivity contribution in [1.82, 2.24) is 9.80 Å². The van der Waals surface area contributed by atoms with Gasteiger partial charge < -0.3 is 28.7 Å². The molecule has 0 bridgehead atoms. The Kier molecular flexibility index (Phi) is 6.62. The molecule has 0 radical (unpaired) electrons. The lowest BCUT2D eigenvalue weighted by Gasteiger charge is -2.32. The summed E-state index contributed by atoms with van der Waals surface area (Å²) in [4.78, 5) is 29.4. The summed E-state index contributed by atoms with van der Waals surface area (Å²) in [7, 11) is 6.41. The molecule has 4 rings (SSSR count). The van der Waals surface area contributed by atoms with E-state index >= 15 is 0 Å². The lowest BCUT2D eigenvalue weighted by molar-refractivity contribution is -0.141. The monoisotopic (exact) mass is 454 g/mol. The first-order chi connectivity index (χ1) is 16.0. The molecule has 2 aliphatic rings. The van der Waals surface area contributed by atoms with Gasteiger partial charge in [-0.1, -0.05) is 0 Å². The van der Waals surface area contributed by atoms with Gasteiger partial charge in [0.05, 0.1) is 28.4 Å². The zero-order valence-electron chi connectivity index (χ0n) is 19.6. The maximum Gasteiger partial charge on any atom is 0.232 e. The van der Waals surface area contributed by atoms with E-state index in [4.69, 9.17) is 18.9 Å². The Morgan fingerprint density at radius 1 is 0.636 bits per heavy atom. The Morgan fingerprint density at radius 3 is 1.30 bits per heavy atom. The normalized spacial score (nSPS) is 14.8. The van der Waals surface area contributed by atoms with E-state index in [1.807, 2.05) is 24.3 Å². The van der Waals surface area contributed by atoms with E-state index in [0.29, 0.717) is 62.0 Å². The summed E-state index contributed by atoms with van der Waals surface area (Å²) in [6.45, 7) is 2.08. The summed E-state index contributed by atoms with van der Waals surface area (Å²) in [5.41, 5.74) is 4.32. The lowest BCUT2D eigenvalue weighted by atomic mass is 9.97. The van der Waals surface area contributed by atoms with Crippen molar-refractivity contribution in [3.63, 3.8) is 0 Å². The molecule has 2 aromatic carbocycles. The van der Waals surface area contributed by atoms with Crippen molar-refractivity contribution < 1.29 is 28.5 Å². The fraction of sp³-hybridized carbons (Fsp3) is 0.440. The number of rotatable bonds is 6. The quantitative estimate of drug-likeness (QED) is 0.625. The van der Waals surface area contributed by atoms with Crippen molar-refractivity contribution in [2.24, 2.45) is 0 Å². The second kappa shape index (κ2) is 9.60. The summed E-state index contributed by atoms with van der Waals surface area (Å²) in [6.07, 6.45) is 1.30. The Bertz CT molecular complexity index is 984. The average molecular weight is 455 g/mol. The zero-order valence-corrected chi connectivity index (χ0v) is 19.6. The smallest absolute Gasteiger partial charge is 0.232 e. The molecule has 2 aliphatic heterocycles. The molecule has 0 spiro atoms. The van der Waals surface area contributed by atoms with Crippen LogP contribution in [-0.4, -0.2) is 63.1 Å². The van der Waals surface area contributed by atoms with Crippen LogP contribution in [0.3, 0.4) is 0 Å². The SMILES string of the molecule is COc1cc2c(cc1OC)CN(C(=O)CC(=O)N1CCc3cc(OC)c(OC)cc3C1)CC2. The van der Waals surface area contributed by atoms with E-state index in [1.54, 1.807) is 38.2 Å². The number of hydrogen-bond donors (Lipinski definition) is 0. The van der Waals surface area contributed by atoms with Crippen molar-refractivity contribution in [2.75, 3.05) is 41.5 Å². The molecule has 2 aromatic rings. The highest BCUT2D eigenvalue weighted by Crippen LogP contribution is 2.34. The fourth-order valence-corrected chi connectivity index (χ4v) is 4.55. The van der Waals surface area contributed by atoms with E-state index < -0.39 is 0 Å². The van der Waals surface area contributed by atoms with Gasteiger partial charge in [-0.25, -0.2) is 0 Å². The first-order valence-corrected chi connectivity index (χ1v) is 11.0. The average Bonchev–Trinajstić information content (AvgIpc) is 2.85. The molecule has 0 aromatic heterocycles. The number of nitrogens with zero attached hydrogens (tertiary/aromatic N) is 2. The highest BCUT2D eigenvalue weighted by Gasteiger charge is 2.28. The Hall–Kier alpha value is -3.42. The highest BCUT2D eigenvalue weighted by molar-refractivity contribution is 5.97. The summed E-state index contributed by atoms with van der Waals surface area (Å²) in [6, 6.07) is 7.77. The largest absolute Gasteiger partial charge is 0.493 e. The van der Waals surface area contributed by atoms with Crippen LogP contribution in [0.25, 0.3) is 0 Å². The van der Waals surface area contributed by atoms with Gasteiger partial charge in [-0.3, -0.25) is 9.59 Å². The molecule has 2 amide bonds. The van der Waals surface area contributed by atoms with Gasteiger partial charge in [-0.2, -0.15) is 0 Å². The van der Waals surface area contributed by atoms with E-state index in [0.717, 1.165) is 22.3 Å². The van der Waals surface area contributed by atoms with Crippen molar-refractivity contribution in [1.29, 1.82) is 0 Å². The number of amides is 2. The maximum atomic E-state index is 13.0. The predicted octanol–water partition coefficient (Wildman–Crippen LogP) is 2.58. The third kappa shape index (κ3) is 4.55. The Labute approximate surface area is 194 Å². The summed E-state index contributed by atoms with van der Waals surface area (Å²) < 4.78 is 21.5. The molecule has 33 heavy (non-hydrogen) atoms. The second-order valence-corrected chi connectivity index (χ2v) is 8.26. The molecular weight excluding hydrogens is 424 g/mol. The minimum Gasteiger partial charge on any atom is -0.493 e. The number of ether oxygens (including phenoxy) is 4. The Morgan fingerprint density at radius 2 is 0.970 bits per heavy atom. The Balaban J connectivity index is 1.41. The van der Waals surface area contributed by atoms with Crippen LogP contribution in [0.2, 0.25) is 0 Å². The van der Waals surface area contributed by atoms with Crippen molar-refractivity contribution in [3.05, 3.63) is 46.5 Å². The van der Waals surface area contributed by atoms with E-state index in [-0.39, 0.29) is 18.2 Å². The molecule has 0 aliphatic carbocycles. The zero-order chi connectivity index (χ0) is 23.5. The van der Waals surface area contributed by atoms with Gasteiger partial charge in [0.1, 0.15) is 6.42 Å². The molecule has 0 saturated carbocycles. The fourth-order valence-electron chi connectivity index (χ4n) is 4.55. The van der Waals surface area contributed by atoms with Crippen LogP contribution in [0, 0.1) is 0 Å². The van der Waals surface area contributed by atoms with Gasteiger partial charge in [0.15, 0.2) is 23.0 Å². The van der Waals surface area contributed by atoms with Crippen LogP contribution in [0.4, 0.5) is 0 Å². The molecule has 176 valence electrons. The summed E-state index contributed by atoms with van der Waals surface area (Å²) in [5.74, 6) is 2.34. The third-order valence-electron chi connectivity index (χ3n) is 6.44. The lowest BCUT2D eigenvalue weighted by Crippen LogP contribution is -2.41. The third-order valence-corrected chi connectivity index (χ3v) is 6.44. The molecule has 0 fully saturated rings. The summed E-state index contributed by atoms with van der Waals surface area (Å²) in [5, 5.41) is 0. The molecule has 2 heterocycles. The molecule has 0 N–H and O–H groups in total. The topological polar surface area (TPSA) is 77.5 Å². The minimum absolute atomic E-state index is 0.134. The highest BCUT2D eigenvalue weighted by atomic mass is 16.5.